The summed E-state index contributed by atoms with van der Waals surface area (Å²) in [5, 5.41) is 0. The van der Waals surface area contributed by atoms with Crippen molar-refractivity contribution in [3.63, 3.8) is 0 Å². The summed E-state index contributed by atoms with van der Waals surface area (Å²) in [7, 11) is -3.36. The van der Waals surface area contributed by atoms with Crippen molar-refractivity contribution in [1.29, 1.82) is 0 Å². The average Bonchev–Trinajstić information content (AvgIpc) is 3.27. The van der Waals surface area contributed by atoms with E-state index in [2.05, 4.69) is 0 Å². The Morgan fingerprint density at radius 2 is 1.60 bits per heavy atom. The van der Waals surface area contributed by atoms with Crippen LogP contribution in [-0.4, -0.2) is 32.2 Å². The second-order valence-corrected chi connectivity index (χ2v) is 10.2. The summed E-state index contributed by atoms with van der Waals surface area (Å²) in [6.45, 7) is 1.41. The highest BCUT2D eigenvalue weighted by Gasteiger charge is 2.25. The molecule has 0 amide bonds. The van der Waals surface area contributed by atoms with Gasteiger partial charge in [0.15, 0.2) is 15.6 Å². The number of rotatable bonds is 8. The van der Waals surface area contributed by atoms with Crippen LogP contribution in [0.5, 0.6) is 0 Å². The molecule has 1 unspecified atom stereocenters. The Kier molecular flexibility index (Phi) is 7.12. The number of hydrogen-bond donors (Lipinski definition) is 0. The average molecular weight is 494 g/mol. The maximum absolute atomic E-state index is 13.6. The van der Waals surface area contributed by atoms with Gasteiger partial charge in [-0.05, 0) is 60.5 Å². The molecule has 1 aromatic heterocycles. The van der Waals surface area contributed by atoms with E-state index < -0.39 is 15.8 Å². The molecule has 0 saturated carbocycles. The van der Waals surface area contributed by atoms with Crippen molar-refractivity contribution in [2.75, 3.05) is 12.9 Å². The van der Waals surface area contributed by atoms with E-state index in [1.54, 1.807) is 24.3 Å². The topological polar surface area (TPSA) is 86.5 Å². The van der Waals surface area contributed by atoms with Crippen molar-refractivity contribution in [3.05, 3.63) is 96.1 Å². The first kappa shape index (κ1) is 24.3. The fourth-order valence-electron chi connectivity index (χ4n) is 3.70. The number of carbonyl (C=O) groups is 1. The second kappa shape index (κ2) is 10.2. The Labute approximate surface area is 203 Å². The van der Waals surface area contributed by atoms with E-state index >= 15 is 0 Å². The largest absolute Gasteiger partial charge is 0.465 e. The Bertz CT molecular complexity index is 1410. The van der Waals surface area contributed by atoms with Crippen LogP contribution in [0.25, 0.3) is 22.6 Å². The Hall–Kier alpha value is -3.78. The van der Waals surface area contributed by atoms with E-state index in [0.29, 0.717) is 34.9 Å². The van der Waals surface area contributed by atoms with Gasteiger partial charge in [-0.2, -0.15) is 0 Å². The number of nitrogens with zero attached hydrogens (tertiary/aromatic N) is 1. The molecular formula is C27H24FNO5S. The molecule has 1 atom stereocenters. The lowest BCUT2D eigenvalue weighted by molar-refractivity contribution is -0.141. The van der Waals surface area contributed by atoms with Gasteiger partial charge in [-0.25, -0.2) is 17.8 Å². The Balaban J connectivity index is 1.80. The van der Waals surface area contributed by atoms with Gasteiger partial charge < -0.3 is 9.15 Å². The lowest BCUT2D eigenvalue weighted by Gasteiger charge is -2.13. The van der Waals surface area contributed by atoms with Gasteiger partial charge in [0.05, 0.1) is 10.8 Å². The van der Waals surface area contributed by atoms with Gasteiger partial charge in [0.1, 0.15) is 18.1 Å². The van der Waals surface area contributed by atoms with Gasteiger partial charge in [-0.1, -0.05) is 30.3 Å². The van der Waals surface area contributed by atoms with E-state index in [-0.39, 0.29) is 23.2 Å². The zero-order chi connectivity index (χ0) is 25.0. The van der Waals surface area contributed by atoms with Gasteiger partial charge in [0, 0.05) is 24.3 Å². The van der Waals surface area contributed by atoms with Crippen LogP contribution < -0.4 is 0 Å². The van der Waals surface area contributed by atoms with E-state index in [1.165, 1.54) is 31.2 Å². The van der Waals surface area contributed by atoms with Crippen molar-refractivity contribution in [1.82, 2.24) is 4.98 Å². The number of benzene rings is 3. The normalized spacial score (nSPS) is 12.3. The molecule has 0 bridgehead atoms. The minimum atomic E-state index is -3.36. The molecule has 0 aliphatic heterocycles. The predicted molar refractivity (Wildman–Crippen MR) is 130 cm³/mol. The molecule has 1 heterocycles. The van der Waals surface area contributed by atoms with Crippen molar-refractivity contribution in [2.45, 2.75) is 24.2 Å². The molecule has 0 aliphatic carbocycles. The highest BCUT2D eigenvalue weighted by atomic mass is 32.2. The molecule has 0 fully saturated rings. The Morgan fingerprint density at radius 3 is 2.20 bits per heavy atom. The fraction of sp³-hybridized carbons (Fsp3) is 0.185. The van der Waals surface area contributed by atoms with E-state index in [9.17, 15) is 17.6 Å². The molecule has 180 valence electrons. The summed E-state index contributed by atoms with van der Waals surface area (Å²) in [6, 6.07) is 21.9. The quantitative estimate of drug-likeness (QED) is 0.304. The first-order valence-electron chi connectivity index (χ1n) is 10.9. The lowest BCUT2D eigenvalue weighted by atomic mass is 10.00. The third-order valence-electron chi connectivity index (χ3n) is 5.47. The van der Waals surface area contributed by atoms with Gasteiger partial charge in [-0.15, -0.1) is 0 Å². The van der Waals surface area contributed by atoms with Crippen molar-refractivity contribution < 1.29 is 26.8 Å². The Morgan fingerprint density at radius 1 is 0.971 bits per heavy atom. The molecular weight excluding hydrogens is 469 g/mol. The third-order valence-corrected chi connectivity index (χ3v) is 6.60. The van der Waals surface area contributed by atoms with Crippen LogP contribution >= 0.6 is 0 Å². The van der Waals surface area contributed by atoms with E-state index in [0.717, 1.165) is 11.8 Å². The number of halogens is 1. The number of aromatic nitrogens is 1. The molecule has 35 heavy (non-hydrogen) atoms. The minimum absolute atomic E-state index is 0.0695. The SMILES string of the molecule is CC(=O)OCC(Cc1ccccc1)c1nc(-c2ccc(F)cc2)c(-c2ccc(S(C)(=O)=O)cc2)o1. The fourth-order valence-corrected chi connectivity index (χ4v) is 4.33. The van der Waals surface area contributed by atoms with Crippen LogP contribution in [-0.2, 0) is 25.8 Å². The predicted octanol–water partition coefficient (Wildman–Crippen LogP) is 5.44. The van der Waals surface area contributed by atoms with Crippen LogP contribution in [0.2, 0.25) is 0 Å². The van der Waals surface area contributed by atoms with Gasteiger partial charge in [-0.3, -0.25) is 4.79 Å². The van der Waals surface area contributed by atoms with E-state index in [4.69, 9.17) is 14.1 Å². The van der Waals surface area contributed by atoms with Crippen molar-refractivity contribution >= 4 is 15.8 Å². The van der Waals surface area contributed by atoms with Crippen LogP contribution in [0, 0.1) is 5.82 Å². The minimum Gasteiger partial charge on any atom is -0.465 e. The molecule has 6 nitrogen and oxygen atoms in total. The first-order chi connectivity index (χ1) is 16.7. The molecule has 4 rings (SSSR count). The standard InChI is InChI=1S/C27H24FNO5S/c1-18(30)33-17-22(16-19-6-4-3-5-7-19)27-29-25(20-8-12-23(28)13-9-20)26(34-27)21-10-14-24(15-11-21)35(2,31)32/h3-15,22H,16-17H2,1-2H3. The molecule has 0 aliphatic rings. The number of hydrogen-bond acceptors (Lipinski definition) is 6. The summed E-state index contributed by atoms with van der Waals surface area (Å²) in [5.74, 6) is -0.396. The van der Waals surface area contributed by atoms with Crippen LogP contribution in [0.4, 0.5) is 4.39 Å². The molecule has 0 radical (unpaired) electrons. The highest BCUT2D eigenvalue weighted by molar-refractivity contribution is 7.90. The van der Waals surface area contributed by atoms with Crippen molar-refractivity contribution in [3.8, 4) is 22.6 Å². The highest BCUT2D eigenvalue weighted by Crippen LogP contribution is 2.36. The van der Waals surface area contributed by atoms with Crippen molar-refractivity contribution in [2.24, 2.45) is 0 Å². The van der Waals surface area contributed by atoms with Crippen LogP contribution in [0.1, 0.15) is 24.3 Å². The van der Waals surface area contributed by atoms with Gasteiger partial charge in [0.25, 0.3) is 0 Å². The third kappa shape index (κ3) is 6.02. The summed E-state index contributed by atoms with van der Waals surface area (Å²) in [4.78, 5) is 16.4. The summed E-state index contributed by atoms with van der Waals surface area (Å²) in [5.41, 5.74) is 2.74. The van der Waals surface area contributed by atoms with Crippen LogP contribution in [0.15, 0.2) is 88.2 Å². The zero-order valence-corrected chi connectivity index (χ0v) is 20.1. The number of sulfone groups is 1. The van der Waals surface area contributed by atoms with E-state index in [1.807, 2.05) is 30.3 Å². The first-order valence-corrected chi connectivity index (χ1v) is 12.8. The summed E-state index contributed by atoms with van der Waals surface area (Å²) in [6.07, 6.45) is 1.66. The molecule has 0 spiro atoms. The lowest BCUT2D eigenvalue weighted by Crippen LogP contribution is -2.13. The zero-order valence-electron chi connectivity index (χ0n) is 19.3. The number of carbonyl (C=O) groups excluding carboxylic acids is 1. The van der Waals surface area contributed by atoms with Gasteiger partial charge >= 0.3 is 5.97 Å². The molecule has 3 aromatic carbocycles. The summed E-state index contributed by atoms with van der Waals surface area (Å²) < 4.78 is 48.9. The molecule has 8 heteroatoms. The van der Waals surface area contributed by atoms with Crippen LogP contribution in [0.3, 0.4) is 0 Å². The monoisotopic (exact) mass is 493 g/mol. The smallest absolute Gasteiger partial charge is 0.302 e. The van der Waals surface area contributed by atoms with Gasteiger partial charge in [0.2, 0.25) is 5.89 Å². The number of esters is 1. The number of oxazole rings is 1. The second-order valence-electron chi connectivity index (χ2n) is 8.22. The molecule has 4 aromatic rings. The molecule has 0 N–H and O–H groups in total. The summed E-state index contributed by atoms with van der Waals surface area (Å²) >= 11 is 0. The number of ether oxygens (including phenoxy) is 1. The maximum Gasteiger partial charge on any atom is 0.302 e. The molecule has 0 saturated heterocycles. The maximum atomic E-state index is 13.6.